The molecule has 21 heavy (non-hydrogen) atoms. The number of aromatic nitrogens is 4. The highest BCUT2D eigenvalue weighted by Gasteiger charge is 2.12. The summed E-state index contributed by atoms with van der Waals surface area (Å²) in [7, 11) is 3.10. The summed E-state index contributed by atoms with van der Waals surface area (Å²) in [5, 5.41) is 6.91. The predicted molar refractivity (Wildman–Crippen MR) is 75.6 cm³/mol. The van der Waals surface area contributed by atoms with Crippen LogP contribution in [0.15, 0.2) is 29.3 Å². The fourth-order valence-corrected chi connectivity index (χ4v) is 1.86. The van der Waals surface area contributed by atoms with Crippen molar-refractivity contribution in [3.63, 3.8) is 0 Å². The molecule has 0 unspecified atom stereocenters. The smallest absolute Gasteiger partial charge is 0.345 e. The number of ether oxygens (including phenoxy) is 1. The highest BCUT2D eigenvalue weighted by Crippen LogP contribution is 2.12. The highest BCUT2D eigenvalue weighted by atomic mass is 16.5. The van der Waals surface area contributed by atoms with Gasteiger partial charge >= 0.3 is 5.69 Å². The van der Waals surface area contributed by atoms with Gasteiger partial charge in [-0.2, -0.15) is 0 Å². The van der Waals surface area contributed by atoms with Crippen molar-refractivity contribution in [2.75, 3.05) is 20.3 Å². The third-order valence-electron chi connectivity index (χ3n) is 2.88. The molecule has 0 aromatic carbocycles. The lowest BCUT2D eigenvalue weighted by Gasteiger charge is -2.03. The van der Waals surface area contributed by atoms with E-state index in [2.05, 4.69) is 15.4 Å². The maximum Gasteiger partial charge on any atom is 0.345 e. The van der Waals surface area contributed by atoms with Crippen LogP contribution in [0.5, 0.6) is 0 Å². The summed E-state index contributed by atoms with van der Waals surface area (Å²) in [6.07, 6.45) is 3.30. The van der Waals surface area contributed by atoms with Crippen LogP contribution in [-0.2, 0) is 23.1 Å². The van der Waals surface area contributed by atoms with Gasteiger partial charge in [0.1, 0.15) is 6.61 Å². The first-order valence-electron chi connectivity index (χ1n) is 6.43. The molecule has 0 bridgehead atoms. The molecule has 2 heterocycles. The van der Waals surface area contributed by atoms with Gasteiger partial charge in [0.2, 0.25) is 5.91 Å². The van der Waals surface area contributed by atoms with Crippen molar-refractivity contribution in [1.82, 2.24) is 24.6 Å². The van der Waals surface area contributed by atoms with Gasteiger partial charge in [0, 0.05) is 38.7 Å². The Morgan fingerprint density at radius 2 is 2.29 bits per heavy atom. The fourth-order valence-electron chi connectivity index (χ4n) is 1.86. The zero-order chi connectivity index (χ0) is 15.2. The highest BCUT2D eigenvalue weighted by molar-refractivity contribution is 5.77. The molecule has 0 aliphatic rings. The number of amides is 1. The number of carbonyl (C=O) groups excluding carboxylic acids is 1. The lowest BCUT2D eigenvalue weighted by atomic mass is 10.3. The van der Waals surface area contributed by atoms with Gasteiger partial charge in [-0.15, -0.1) is 5.10 Å². The fraction of sp³-hybridized carbons (Fsp3) is 0.385. The number of hydrogen-bond acceptors (Lipinski definition) is 5. The van der Waals surface area contributed by atoms with E-state index < -0.39 is 0 Å². The zero-order valence-corrected chi connectivity index (χ0v) is 11.9. The quantitative estimate of drug-likeness (QED) is 0.768. The molecule has 8 heteroatoms. The molecule has 2 aromatic rings. The monoisotopic (exact) mass is 291 g/mol. The second kappa shape index (κ2) is 6.80. The molecule has 0 aliphatic heterocycles. The summed E-state index contributed by atoms with van der Waals surface area (Å²) in [6, 6.07) is 3.61. The Morgan fingerprint density at radius 1 is 1.48 bits per heavy atom. The van der Waals surface area contributed by atoms with Crippen LogP contribution in [0.25, 0.3) is 11.4 Å². The number of pyridine rings is 1. The number of rotatable bonds is 6. The third-order valence-corrected chi connectivity index (χ3v) is 2.88. The molecule has 2 aromatic heterocycles. The molecule has 1 amide bonds. The molecule has 0 radical (unpaired) electrons. The molecule has 1 N–H and O–H groups in total. The number of carbonyl (C=O) groups is 1. The minimum atomic E-state index is -0.241. The first kappa shape index (κ1) is 14.9. The minimum Gasteiger partial charge on any atom is -0.375 e. The van der Waals surface area contributed by atoms with Gasteiger partial charge in [-0.3, -0.25) is 14.3 Å². The van der Waals surface area contributed by atoms with E-state index in [-0.39, 0.29) is 18.2 Å². The van der Waals surface area contributed by atoms with E-state index in [1.165, 1.54) is 16.4 Å². The molecule has 112 valence electrons. The SMILES string of the molecule is COCC(=O)NCCn1nc(-c2cccnc2)n(C)c1=O. The molecule has 0 fully saturated rings. The molecule has 0 aliphatic carbocycles. The largest absolute Gasteiger partial charge is 0.375 e. The van der Waals surface area contributed by atoms with Crippen molar-refractivity contribution >= 4 is 5.91 Å². The Labute approximate surface area is 121 Å². The average Bonchev–Trinajstić information content (AvgIpc) is 2.77. The second-order valence-electron chi connectivity index (χ2n) is 4.41. The van der Waals surface area contributed by atoms with Crippen molar-refractivity contribution in [1.29, 1.82) is 0 Å². The summed E-state index contributed by atoms with van der Waals surface area (Å²) in [5.74, 6) is 0.310. The lowest BCUT2D eigenvalue weighted by molar-refractivity contribution is -0.124. The van der Waals surface area contributed by atoms with Crippen molar-refractivity contribution in [2.24, 2.45) is 7.05 Å². The Kier molecular flexibility index (Phi) is 4.83. The van der Waals surface area contributed by atoms with Crippen LogP contribution in [0.2, 0.25) is 0 Å². The van der Waals surface area contributed by atoms with Gasteiger partial charge in [-0.1, -0.05) is 0 Å². The zero-order valence-electron chi connectivity index (χ0n) is 11.9. The molecule has 0 spiro atoms. The van der Waals surface area contributed by atoms with Crippen LogP contribution >= 0.6 is 0 Å². The van der Waals surface area contributed by atoms with Gasteiger partial charge in [0.25, 0.3) is 0 Å². The van der Waals surface area contributed by atoms with Gasteiger partial charge in [0.05, 0.1) is 6.54 Å². The van der Waals surface area contributed by atoms with Crippen molar-refractivity contribution in [3.8, 4) is 11.4 Å². The number of hydrogen-bond donors (Lipinski definition) is 1. The van der Waals surface area contributed by atoms with E-state index in [0.29, 0.717) is 18.9 Å². The summed E-state index contributed by atoms with van der Waals surface area (Å²) < 4.78 is 7.47. The van der Waals surface area contributed by atoms with Crippen LogP contribution in [0, 0.1) is 0 Å². The van der Waals surface area contributed by atoms with E-state index in [1.807, 2.05) is 6.07 Å². The number of nitrogens with one attached hydrogen (secondary N) is 1. The third kappa shape index (κ3) is 3.54. The standard InChI is InChI=1S/C13H17N5O3/c1-17-12(10-4-3-5-14-8-10)16-18(13(17)20)7-6-15-11(19)9-21-2/h3-5,8H,6-7,9H2,1-2H3,(H,15,19). The van der Waals surface area contributed by atoms with Crippen LogP contribution < -0.4 is 11.0 Å². The van der Waals surface area contributed by atoms with Gasteiger partial charge in [0.15, 0.2) is 5.82 Å². The van der Waals surface area contributed by atoms with Gasteiger partial charge in [-0.25, -0.2) is 9.48 Å². The first-order valence-corrected chi connectivity index (χ1v) is 6.43. The normalized spacial score (nSPS) is 10.6. The van der Waals surface area contributed by atoms with E-state index in [9.17, 15) is 9.59 Å². The maximum absolute atomic E-state index is 12.1. The lowest BCUT2D eigenvalue weighted by Crippen LogP contribution is -2.33. The molecular formula is C13H17N5O3. The van der Waals surface area contributed by atoms with E-state index in [0.717, 1.165) is 5.56 Å². The molecule has 2 rings (SSSR count). The van der Waals surface area contributed by atoms with E-state index in [4.69, 9.17) is 4.74 Å². The summed E-state index contributed by atoms with van der Waals surface area (Å²) >= 11 is 0. The van der Waals surface area contributed by atoms with Gasteiger partial charge in [-0.05, 0) is 12.1 Å². The summed E-state index contributed by atoms with van der Waals surface area (Å²) in [6.45, 7) is 0.603. The second-order valence-corrected chi connectivity index (χ2v) is 4.41. The molecule has 0 saturated carbocycles. The maximum atomic E-state index is 12.1. The number of nitrogens with zero attached hydrogens (tertiary/aromatic N) is 4. The molecule has 0 atom stereocenters. The number of methoxy groups -OCH3 is 1. The van der Waals surface area contributed by atoms with Crippen LogP contribution in [0.4, 0.5) is 0 Å². The Hall–Kier alpha value is -2.48. The summed E-state index contributed by atoms with van der Waals surface area (Å²) in [4.78, 5) is 27.3. The van der Waals surface area contributed by atoms with E-state index >= 15 is 0 Å². The van der Waals surface area contributed by atoms with Gasteiger partial charge < -0.3 is 10.1 Å². The minimum absolute atomic E-state index is 0.00193. The topological polar surface area (TPSA) is 91.0 Å². The van der Waals surface area contributed by atoms with Crippen LogP contribution in [-0.4, -0.2) is 45.5 Å². The Balaban J connectivity index is 2.09. The predicted octanol–water partition coefficient (Wildman–Crippen LogP) is -0.594. The first-order chi connectivity index (χ1) is 10.1. The molecular weight excluding hydrogens is 274 g/mol. The van der Waals surface area contributed by atoms with E-state index in [1.54, 1.807) is 25.5 Å². The van der Waals surface area contributed by atoms with Crippen LogP contribution in [0.3, 0.4) is 0 Å². The van der Waals surface area contributed by atoms with Crippen molar-refractivity contribution < 1.29 is 9.53 Å². The Bertz CT molecular complexity index is 662. The summed E-state index contributed by atoms with van der Waals surface area (Å²) in [5.41, 5.74) is 0.522. The van der Waals surface area contributed by atoms with Crippen molar-refractivity contribution in [2.45, 2.75) is 6.54 Å². The molecule has 0 saturated heterocycles. The Morgan fingerprint density at radius 3 is 2.95 bits per heavy atom. The average molecular weight is 291 g/mol. The molecule has 8 nitrogen and oxygen atoms in total. The van der Waals surface area contributed by atoms with Crippen molar-refractivity contribution in [3.05, 3.63) is 35.0 Å². The van der Waals surface area contributed by atoms with Crippen LogP contribution in [0.1, 0.15) is 0 Å².